The van der Waals surface area contributed by atoms with Crippen LogP contribution in [0.15, 0.2) is 73.1 Å². The number of amides is 2. The minimum absolute atomic E-state index is 0.0174. The van der Waals surface area contributed by atoms with Crippen molar-refractivity contribution in [3.63, 3.8) is 0 Å². The number of hydrogen-bond acceptors (Lipinski definition) is 7. The van der Waals surface area contributed by atoms with Gasteiger partial charge in [0.05, 0.1) is 17.8 Å². The molecule has 2 amide bonds. The molecule has 3 N–H and O–H groups in total. The number of anilines is 2. The van der Waals surface area contributed by atoms with Crippen molar-refractivity contribution >= 4 is 34.2 Å². The van der Waals surface area contributed by atoms with Crippen LogP contribution in [0.2, 0.25) is 0 Å². The number of ether oxygens (including phenoxy) is 2. The van der Waals surface area contributed by atoms with Crippen molar-refractivity contribution in [3.05, 3.63) is 78.6 Å². The maximum atomic E-state index is 12.5. The lowest BCUT2D eigenvalue weighted by Gasteiger charge is -2.15. The first-order chi connectivity index (χ1) is 18.1. The van der Waals surface area contributed by atoms with E-state index >= 15 is 0 Å². The van der Waals surface area contributed by atoms with E-state index < -0.39 is 5.91 Å². The predicted octanol–water partition coefficient (Wildman–Crippen LogP) is 4.40. The Bertz CT molecular complexity index is 1460. The fourth-order valence-corrected chi connectivity index (χ4v) is 3.39. The summed E-state index contributed by atoms with van der Waals surface area (Å²) >= 11 is 0. The molecule has 0 atom stereocenters. The Kier molecular flexibility index (Phi) is 8.26. The number of aromatic nitrogens is 2. The van der Waals surface area contributed by atoms with Crippen LogP contribution in [0, 0.1) is 11.8 Å². The summed E-state index contributed by atoms with van der Waals surface area (Å²) in [6, 6.07) is 17.0. The van der Waals surface area contributed by atoms with Crippen LogP contribution in [0.25, 0.3) is 10.9 Å². The number of nitrogens with one attached hydrogen (secondary N) is 2. The van der Waals surface area contributed by atoms with Crippen LogP contribution >= 0.6 is 0 Å². The van der Waals surface area contributed by atoms with Gasteiger partial charge in [-0.15, -0.1) is 0 Å². The van der Waals surface area contributed by atoms with E-state index in [1.165, 1.54) is 0 Å². The highest BCUT2D eigenvalue weighted by atomic mass is 16.5. The number of rotatable bonds is 9. The lowest BCUT2D eigenvalue weighted by atomic mass is 10.1. The van der Waals surface area contributed by atoms with Crippen molar-refractivity contribution in [2.45, 2.75) is 13.3 Å². The average Bonchev–Trinajstić information content (AvgIpc) is 2.90. The molecule has 9 nitrogen and oxygen atoms in total. The number of benzene rings is 2. The molecule has 2 heterocycles. The fraction of sp³-hybridized carbons (Fsp3) is 0.143. The Morgan fingerprint density at radius 2 is 1.81 bits per heavy atom. The molecule has 0 unspecified atom stereocenters. The molecule has 0 spiro atoms. The van der Waals surface area contributed by atoms with Crippen LogP contribution in [0.5, 0.6) is 17.2 Å². The average molecular weight is 497 g/mol. The summed E-state index contributed by atoms with van der Waals surface area (Å²) < 4.78 is 11.8. The van der Waals surface area contributed by atoms with Gasteiger partial charge in [-0.2, -0.15) is 0 Å². The van der Waals surface area contributed by atoms with Gasteiger partial charge in [-0.1, -0.05) is 12.0 Å². The van der Waals surface area contributed by atoms with Gasteiger partial charge in [0.1, 0.15) is 23.1 Å². The van der Waals surface area contributed by atoms with Crippen molar-refractivity contribution in [3.8, 4) is 29.1 Å². The van der Waals surface area contributed by atoms with Crippen molar-refractivity contribution in [1.29, 1.82) is 0 Å². The van der Waals surface area contributed by atoms with Gasteiger partial charge in [0.2, 0.25) is 0 Å². The van der Waals surface area contributed by atoms with Gasteiger partial charge in [0, 0.05) is 42.4 Å². The highest BCUT2D eigenvalue weighted by Gasteiger charge is 2.14. The largest absolute Gasteiger partial charge is 0.491 e. The number of nitrogens with zero attached hydrogens (tertiary/aromatic N) is 2. The molecule has 0 bridgehead atoms. The van der Waals surface area contributed by atoms with E-state index in [0.717, 1.165) is 0 Å². The Morgan fingerprint density at radius 3 is 2.54 bits per heavy atom. The third-order valence-electron chi connectivity index (χ3n) is 5.10. The zero-order valence-corrected chi connectivity index (χ0v) is 20.0. The molecule has 37 heavy (non-hydrogen) atoms. The van der Waals surface area contributed by atoms with Gasteiger partial charge in [-0.3, -0.25) is 14.6 Å². The molecule has 2 aromatic carbocycles. The summed E-state index contributed by atoms with van der Waals surface area (Å²) in [6.45, 7) is 1.82. The molecule has 186 valence electrons. The normalized spacial score (nSPS) is 10.2. The van der Waals surface area contributed by atoms with E-state index in [9.17, 15) is 9.59 Å². The number of hydrogen-bond donors (Lipinski definition) is 3. The standard InChI is InChI=1S/C28H24N4O5/c1-2-6-27(34)31-23-17-21-22(18-25(23)36-16-5-15-33)29-14-12-24(21)37-20-10-8-19(9-11-20)28(35)32-26-7-3-4-13-30-26/h3-4,7-14,17-18,33H,5,15-16H2,1H3,(H,31,34)(H,30,32,35). The molecule has 4 rings (SSSR count). The first-order valence-electron chi connectivity index (χ1n) is 11.5. The number of pyridine rings is 2. The summed E-state index contributed by atoms with van der Waals surface area (Å²) in [7, 11) is 0. The fourth-order valence-electron chi connectivity index (χ4n) is 3.39. The van der Waals surface area contributed by atoms with Crippen LogP contribution in [0.1, 0.15) is 23.7 Å². The van der Waals surface area contributed by atoms with E-state index in [1.54, 1.807) is 80.0 Å². The predicted molar refractivity (Wildman–Crippen MR) is 140 cm³/mol. The van der Waals surface area contributed by atoms with E-state index in [1.807, 2.05) is 0 Å². The lowest BCUT2D eigenvalue weighted by molar-refractivity contribution is -0.111. The van der Waals surface area contributed by atoms with Crippen molar-refractivity contribution in [2.75, 3.05) is 23.8 Å². The first-order valence-corrected chi connectivity index (χ1v) is 11.5. The minimum Gasteiger partial charge on any atom is -0.491 e. The van der Waals surface area contributed by atoms with Crippen LogP contribution < -0.4 is 20.1 Å². The lowest BCUT2D eigenvalue weighted by Crippen LogP contribution is -2.12. The zero-order chi connectivity index (χ0) is 26.0. The summed E-state index contributed by atoms with van der Waals surface area (Å²) in [4.78, 5) is 33.1. The third kappa shape index (κ3) is 6.60. The molecule has 9 heteroatoms. The molecule has 0 saturated heterocycles. The van der Waals surface area contributed by atoms with Crippen molar-refractivity contribution < 1.29 is 24.2 Å². The smallest absolute Gasteiger partial charge is 0.300 e. The number of aliphatic hydroxyl groups excluding tert-OH is 1. The quantitative estimate of drug-likeness (QED) is 0.232. The summed E-state index contributed by atoms with van der Waals surface area (Å²) in [5.41, 5.74) is 1.43. The third-order valence-corrected chi connectivity index (χ3v) is 5.10. The SMILES string of the molecule is CC#CC(=O)Nc1cc2c(Oc3ccc(C(=O)Nc4ccccn4)cc3)ccnc2cc1OCCCO. The number of carbonyl (C=O) groups is 2. The maximum absolute atomic E-state index is 12.5. The second-order valence-corrected chi connectivity index (χ2v) is 7.72. The maximum Gasteiger partial charge on any atom is 0.300 e. The summed E-state index contributed by atoms with van der Waals surface area (Å²) in [6.07, 6.45) is 3.64. The topological polar surface area (TPSA) is 123 Å². The summed E-state index contributed by atoms with van der Waals surface area (Å²) in [5, 5.41) is 15.2. The number of fused-ring (bicyclic) bond motifs is 1. The highest BCUT2D eigenvalue weighted by Crippen LogP contribution is 2.36. The Labute approximate surface area is 213 Å². The van der Waals surface area contributed by atoms with E-state index in [0.29, 0.717) is 51.6 Å². The second kappa shape index (κ2) is 12.2. The molecule has 0 aliphatic heterocycles. The van der Waals surface area contributed by atoms with Gasteiger partial charge in [-0.25, -0.2) is 4.98 Å². The van der Waals surface area contributed by atoms with E-state index in [2.05, 4.69) is 32.4 Å². The monoisotopic (exact) mass is 496 g/mol. The molecule has 0 saturated carbocycles. The first kappa shape index (κ1) is 25.2. The van der Waals surface area contributed by atoms with Crippen LogP contribution in [-0.2, 0) is 4.79 Å². The number of aliphatic hydroxyl groups is 1. The Morgan fingerprint density at radius 1 is 0.973 bits per heavy atom. The van der Waals surface area contributed by atoms with Gasteiger partial charge in [0.25, 0.3) is 11.8 Å². The van der Waals surface area contributed by atoms with Gasteiger partial charge < -0.3 is 25.2 Å². The van der Waals surface area contributed by atoms with Gasteiger partial charge >= 0.3 is 0 Å². The molecular formula is C28H24N4O5. The highest BCUT2D eigenvalue weighted by molar-refractivity contribution is 6.06. The molecular weight excluding hydrogens is 472 g/mol. The molecule has 0 radical (unpaired) electrons. The van der Waals surface area contributed by atoms with Crippen LogP contribution in [0.4, 0.5) is 11.5 Å². The van der Waals surface area contributed by atoms with Crippen LogP contribution in [-0.4, -0.2) is 40.1 Å². The van der Waals surface area contributed by atoms with Crippen molar-refractivity contribution in [2.24, 2.45) is 0 Å². The number of carbonyl (C=O) groups excluding carboxylic acids is 2. The Balaban J connectivity index is 1.58. The second-order valence-electron chi connectivity index (χ2n) is 7.72. The van der Waals surface area contributed by atoms with Crippen LogP contribution in [0.3, 0.4) is 0 Å². The molecule has 0 aliphatic carbocycles. The minimum atomic E-state index is -0.486. The summed E-state index contributed by atoms with van der Waals surface area (Å²) in [5.74, 6) is 6.10. The molecule has 0 fully saturated rings. The van der Waals surface area contributed by atoms with Gasteiger partial charge in [-0.05, 0) is 61.4 Å². The molecule has 2 aromatic heterocycles. The molecule has 0 aliphatic rings. The van der Waals surface area contributed by atoms with Crippen molar-refractivity contribution in [1.82, 2.24) is 9.97 Å². The zero-order valence-electron chi connectivity index (χ0n) is 20.0. The van der Waals surface area contributed by atoms with E-state index in [-0.39, 0.29) is 19.1 Å². The molecule has 4 aromatic rings. The Hall–Kier alpha value is -4.94. The van der Waals surface area contributed by atoms with E-state index in [4.69, 9.17) is 14.6 Å². The van der Waals surface area contributed by atoms with Gasteiger partial charge in [0.15, 0.2) is 0 Å².